The lowest BCUT2D eigenvalue weighted by Gasteiger charge is -2.26. The Morgan fingerprint density at radius 3 is 2.62 bits per heavy atom. The molecule has 210 valence electrons. The number of sulfonamides is 1. The first-order chi connectivity index (χ1) is 18.7. The van der Waals surface area contributed by atoms with Gasteiger partial charge in [-0.3, -0.25) is 4.90 Å². The predicted molar refractivity (Wildman–Crippen MR) is 154 cm³/mol. The number of nitrogens with zero attached hydrogens (tertiary/aromatic N) is 3. The number of ether oxygens (including phenoxy) is 3. The number of morpholine rings is 1. The SMILES string of the molecule is COc1ccc(OCCN2CCOCC2)cc1Nc1ncc(Br)c(Nc2ccccc2S(=O)(=O)NC(C)C)n1. The molecular formula is C26H33BrN6O5S. The second-order valence-corrected chi connectivity index (χ2v) is 11.6. The first kappa shape index (κ1) is 29.0. The van der Waals surface area contributed by atoms with Crippen molar-refractivity contribution in [2.24, 2.45) is 0 Å². The van der Waals surface area contributed by atoms with Gasteiger partial charge in [-0.15, -0.1) is 0 Å². The van der Waals surface area contributed by atoms with E-state index in [0.717, 1.165) is 32.8 Å². The molecule has 4 rings (SSSR count). The molecule has 2 aromatic carbocycles. The molecule has 1 saturated heterocycles. The highest BCUT2D eigenvalue weighted by Gasteiger charge is 2.20. The van der Waals surface area contributed by atoms with Crippen LogP contribution >= 0.6 is 15.9 Å². The van der Waals surface area contributed by atoms with Crippen LogP contribution in [0.1, 0.15) is 13.8 Å². The summed E-state index contributed by atoms with van der Waals surface area (Å²) in [5.41, 5.74) is 1.00. The molecule has 39 heavy (non-hydrogen) atoms. The molecule has 0 aliphatic carbocycles. The number of halogens is 1. The average molecular weight is 622 g/mol. The maximum Gasteiger partial charge on any atom is 0.242 e. The third-order valence-corrected chi connectivity index (χ3v) is 8.06. The van der Waals surface area contributed by atoms with Crippen molar-refractivity contribution in [3.05, 3.63) is 53.1 Å². The number of aromatic nitrogens is 2. The van der Waals surface area contributed by atoms with Crippen LogP contribution in [0.3, 0.4) is 0 Å². The molecule has 0 spiro atoms. The number of anilines is 4. The zero-order chi connectivity index (χ0) is 27.8. The number of nitrogens with one attached hydrogen (secondary N) is 3. The molecule has 0 amide bonds. The molecular weight excluding hydrogens is 588 g/mol. The Morgan fingerprint density at radius 2 is 1.87 bits per heavy atom. The lowest BCUT2D eigenvalue weighted by Crippen LogP contribution is -2.38. The molecule has 13 heteroatoms. The minimum absolute atomic E-state index is 0.113. The number of methoxy groups -OCH3 is 1. The van der Waals surface area contributed by atoms with E-state index in [1.165, 1.54) is 6.07 Å². The second-order valence-electron chi connectivity index (χ2n) is 9.08. The van der Waals surface area contributed by atoms with Gasteiger partial charge >= 0.3 is 0 Å². The van der Waals surface area contributed by atoms with Gasteiger partial charge in [0, 0.05) is 37.9 Å². The molecule has 1 fully saturated rings. The van der Waals surface area contributed by atoms with E-state index in [2.05, 4.69) is 46.2 Å². The van der Waals surface area contributed by atoms with Gasteiger partial charge in [-0.05, 0) is 54.0 Å². The predicted octanol–water partition coefficient (Wildman–Crippen LogP) is 4.13. The first-order valence-electron chi connectivity index (χ1n) is 12.5. The quantitative estimate of drug-likeness (QED) is 0.272. The minimum atomic E-state index is -3.74. The maximum absolute atomic E-state index is 12.9. The highest BCUT2D eigenvalue weighted by molar-refractivity contribution is 9.10. The Kier molecular flexibility index (Phi) is 9.97. The highest BCUT2D eigenvalue weighted by Crippen LogP contribution is 2.33. The fourth-order valence-corrected chi connectivity index (χ4v) is 5.64. The van der Waals surface area contributed by atoms with Gasteiger partial charge in [0.15, 0.2) is 0 Å². The Bertz CT molecular complexity index is 1370. The summed E-state index contributed by atoms with van der Waals surface area (Å²) in [5.74, 6) is 1.94. The lowest BCUT2D eigenvalue weighted by molar-refractivity contribution is 0.0322. The second kappa shape index (κ2) is 13.4. The fourth-order valence-electron chi connectivity index (χ4n) is 3.93. The summed E-state index contributed by atoms with van der Waals surface area (Å²) in [5, 5.41) is 6.30. The van der Waals surface area contributed by atoms with Gasteiger partial charge in [0.2, 0.25) is 16.0 Å². The summed E-state index contributed by atoms with van der Waals surface area (Å²) in [6, 6.07) is 11.9. The van der Waals surface area contributed by atoms with Crippen molar-refractivity contribution in [2.75, 3.05) is 57.2 Å². The number of para-hydroxylation sites is 1. The summed E-state index contributed by atoms with van der Waals surface area (Å²) in [7, 11) is -2.16. The van der Waals surface area contributed by atoms with Crippen LogP contribution < -0.4 is 24.8 Å². The first-order valence-corrected chi connectivity index (χ1v) is 14.8. The van der Waals surface area contributed by atoms with E-state index in [9.17, 15) is 8.42 Å². The Labute approximate surface area is 237 Å². The van der Waals surface area contributed by atoms with Crippen LogP contribution in [-0.2, 0) is 14.8 Å². The van der Waals surface area contributed by atoms with Crippen LogP contribution in [0.2, 0.25) is 0 Å². The van der Waals surface area contributed by atoms with Gasteiger partial charge in [0.25, 0.3) is 0 Å². The van der Waals surface area contributed by atoms with E-state index < -0.39 is 10.0 Å². The van der Waals surface area contributed by atoms with Crippen molar-refractivity contribution in [1.29, 1.82) is 0 Å². The molecule has 3 aromatic rings. The van der Waals surface area contributed by atoms with Crippen molar-refractivity contribution in [1.82, 2.24) is 19.6 Å². The molecule has 0 bridgehead atoms. The van der Waals surface area contributed by atoms with E-state index in [4.69, 9.17) is 14.2 Å². The van der Waals surface area contributed by atoms with E-state index >= 15 is 0 Å². The zero-order valence-corrected chi connectivity index (χ0v) is 24.5. The molecule has 3 N–H and O–H groups in total. The van der Waals surface area contributed by atoms with Crippen LogP contribution in [0.5, 0.6) is 11.5 Å². The summed E-state index contributed by atoms with van der Waals surface area (Å²) in [4.78, 5) is 11.3. The van der Waals surface area contributed by atoms with Crippen LogP contribution in [0.15, 0.2) is 58.0 Å². The van der Waals surface area contributed by atoms with Gasteiger partial charge in [-0.2, -0.15) is 4.98 Å². The van der Waals surface area contributed by atoms with E-state index in [1.54, 1.807) is 45.4 Å². The van der Waals surface area contributed by atoms with Crippen LogP contribution in [0.25, 0.3) is 0 Å². The van der Waals surface area contributed by atoms with Crippen molar-refractivity contribution in [3.8, 4) is 11.5 Å². The van der Waals surface area contributed by atoms with Gasteiger partial charge in [0.1, 0.15) is 28.8 Å². The van der Waals surface area contributed by atoms with Gasteiger partial charge in [-0.25, -0.2) is 18.1 Å². The van der Waals surface area contributed by atoms with Crippen LogP contribution in [0, 0.1) is 0 Å². The van der Waals surface area contributed by atoms with Crippen molar-refractivity contribution >= 4 is 49.1 Å². The van der Waals surface area contributed by atoms with Crippen molar-refractivity contribution in [2.45, 2.75) is 24.8 Å². The molecule has 1 aliphatic heterocycles. The molecule has 1 aromatic heterocycles. The van der Waals surface area contributed by atoms with Crippen LogP contribution in [-0.4, -0.2) is 75.9 Å². The van der Waals surface area contributed by atoms with Crippen molar-refractivity contribution in [3.63, 3.8) is 0 Å². The summed E-state index contributed by atoms with van der Waals surface area (Å²) in [6.07, 6.45) is 1.58. The largest absolute Gasteiger partial charge is 0.495 e. The van der Waals surface area contributed by atoms with Crippen molar-refractivity contribution < 1.29 is 22.6 Å². The smallest absolute Gasteiger partial charge is 0.242 e. The maximum atomic E-state index is 12.9. The van der Waals surface area contributed by atoms with E-state index in [1.807, 2.05) is 18.2 Å². The summed E-state index contributed by atoms with van der Waals surface area (Å²) < 4.78 is 45.8. The van der Waals surface area contributed by atoms with E-state index in [-0.39, 0.29) is 16.9 Å². The third kappa shape index (κ3) is 8.02. The summed E-state index contributed by atoms with van der Waals surface area (Å²) in [6.45, 7) is 8.20. The number of rotatable bonds is 12. The molecule has 0 saturated carbocycles. The van der Waals surface area contributed by atoms with Gasteiger partial charge in [0.05, 0.1) is 36.2 Å². The molecule has 1 aliphatic rings. The van der Waals surface area contributed by atoms with E-state index in [0.29, 0.717) is 39.8 Å². The Balaban J connectivity index is 1.51. The fraction of sp³-hybridized carbons (Fsp3) is 0.385. The monoisotopic (exact) mass is 620 g/mol. The average Bonchev–Trinajstić information content (AvgIpc) is 2.91. The third-order valence-electron chi connectivity index (χ3n) is 5.76. The zero-order valence-electron chi connectivity index (χ0n) is 22.1. The molecule has 0 unspecified atom stereocenters. The number of hydrogen-bond acceptors (Lipinski definition) is 10. The number of hydrogen-bond donors (Lipinski definition) is 3. The Hall–Kier alpha value is -2.97. The molecule has 11 nitrogen and oxygen atoms in total. The normalized spacial score (nSPS) is 14.3. The standard InChI is InChI=1S/C26H33BrN6O5S/c1-18(2)32-39(34,35)24-7-5-4-6-21(24)29-25-20(27)17-28-26(31-25)30-22-16-19(8-9-23(22)36-3)38-15-12-33-10-13-37-14-11-33/h4-9,16-18,32H,10-15H2,1-3H3,(H2,28,29,30,31). The highest BCUT2D eigenvalue weighted by atomic mass is 79.9. The molecule has 0 atom stereocenters. The minimum Gasteiger partial charge on any atom is -0.495 e. The van der Waals surface area contributed by atoms with Gasteiger partial charge in [-0.1, -0.05) is 12.1 Å². The molecule has 2 heterocycles. The topological polar surface area (TPSA) is 127 Å². The van der Waals surface area contributed by atoms with Crippen LogP contribution in [0.4, 0.5) is 23.1 Å². The van der Waals surface area contributed by atoms with Gasteiger partial charge < -0.3 is 24.8 Å². The Morgan fingerprint density at radius 1 is 1.10 bits per heavy atom. The number of benzene rings is 2. The lowest BCUT2D eigenvalue weighted by atomic mass is 10.2. The molecule has 0 radical (unpaired) electrons. The summed E-state index contributed by atoms with van der Waals surface area (Å²) >= 11 is 3.45.